The number of carbonyl (C=O) groups excluding carboxylic acids is 2. The van der Waals surface area contributed by atoms with Gasteiger partial charge in [0.25, 0.3) is 0 Å². The molecule has 0 fully saturated rings. The van der Waals surface area contributed by atoms with Crippen molar-refractivity contribution in [1.82, 2.24) is 5.32 Å². The molecule has 230 valence electrons. The Morgan fingerprint density at radius 3 is 1.54 bits per heavy atom. The molecule has 7 nitrogen and oxygen atoms in total. The SMILES string of the molecule is CCCCCCCCCCCCCCOC(=O)C(CCCN=C(N)N)NC(=O)CCCCCCCCCCC. The molecule has 0 aliphatic rings. The minimum Gasteiger partial charge on any atom is -0.464 e. The highest BCUT2D eigenvalue weighted by atomic mass is 16.5. The molecular formula is C32H64N4O3. The van der Waals surface area contributed by atoms with Crippen LogP contribution in [-0.2, 0) is 14.3 Å². The van der Waals surface area contributed by atoms with E-state index in [1.807, 2.05) is 0 Å². The molecule has 0 aromatic carbocycles. The van der Waals surface area contributed by atoms with Crippen molar-refractivity contribution < 1.29 is 14.3 Å². The Hall–Kier alpha value is -1.79. The number of hydrogen-bond acceptors (Lipinski definition) is 4. The van der Waals surface area contributed by atoms with Crippen molar-refractivity contribution in [3.63, 3.8) is 0 Å². The van der Waals surface area contributed by atoms with Gasteiger partial charge in [0.2, 0.25) is 5.91 Å². The second-order valence-electron chi connectivity index (χ2n) is 11.2. The minimum atomic E-state index is -0.636. The van der Waals surface area contributed by atoms with Gasteiger partial charge in [0, 0.05) is 13.0 Å². The van der Waals surface area contributed by atoms with Gasteiger partial charge in [0.1, 0.15) is 6.04 Å². The van der Waals surface area contributed by atoms with Crippen molar-refractivity contribution in [3.05, 3.63) is 0 Å². The molecule has 0 aromatic heterocycles. The van der Waals surface area contributed by atoms with Crippen LogP contribution >= 0.6 is 0 Å². The molecule has 0 radical (unpaired) electrons. The van der Waals surface area contributed by atoms with Gasteiger partial charge in [-0.25, -0.2) is 4.79 Å². The van der Waals surface area contributed by atoms with E-state index >= 15 is 0 Å². The van der Waals surface area contributed by atoms with E-state index in [9.17, 15) is 9.59 Å². The number of carbonyl (C=O) groups is 2. The van der Waals surface area contributed by atoms with Gasteiger partial charge >= 0.3 is 5.97 Å². The Balaban J connectivity index is 4.09. The van der Waals surface area contributed by atoms with E-state index in [1.54, 1.807) is 0 Å². The van der Waals surface area contributed by atoms with Gasteiger partial charge in [-0.1, -0.05) is 136 Å². The summed E-state index contributed by atoms with van der Waals surface area (Å²) in [5, 5.41) is 2.90. The summed E-state index contributed by atoms with van der Waals surface area (Å²) in [6.07, 6.45) is 27.6. The van der Waals surface area contributed by atoms with Crippen LogP contribution in [0.5, 0.6) is 0 Å². The fraction of sp³-hybridized carbons (Fsp3) is 0.906. The standard InChI is InChI=1S/C32H64N4O3/c1-3-5-7-9-11-13-14-15-17-19-21-23-28-39-31(38)29(25-24-27-35-32(33)34)36-30(37)26-22-20-18-16-12-10-8-6-4-2/h29H,3-28H2,1-2H3,(H,36,37)(H4,33,34,35). The fourth-order valence-corrected chi connectivity index (χ4v) is 4.83. The lowest BCUT2D eigenvalue weighted by atomic mass is 10.1. The zero-order valence-electron chi connectivity index (χ0n) is 25.8. The maximum absolute atomic E-state index is 12.7. The number of aliphatic imine (C=N–C) groups is 1. The number of hydrogen-bond donors (Lipinski definition) is 3. The maximum Gasteiger partial charge on any atom is 0.328 e. The summed E-state index contributed by atoms with van der Waals surface area (Å²) < 4.78 is 5.53. The first-order valence-corrected chi connectivity index (χ1v) is 16.5. The number of unbranched alkanes of at least 4 members (excludes halogenated alkanes) is 19. The van der Waals surface area contributed by atoms with E-state index in [1.165, 1.54) is 109 Å². The Morgan fingerprint density at radius 1 is 0.641 bits per heavy atom. The van der Waals surface area contributed by atoms with Gasteiger partial charge in [-0.3, -0.25) is 9.79 Å². The molecule has 0 heterocycles. The van der Waals surface area contributed by atoms with Gasteiger partial charge in [-0.2, -0.15) is 0 Å². The molecule has 39 heavy (non-hydrogen) atoms. The summed E-state index contributed by atoms with van der Waals surface area (Å²) in [7, 11) is 0. The average molecular weight is 553 g/mol. The topological polar surface area (TPSA) is 120 Å². The molecular weight excluding hydrogens is 488 g/mol. The fourth-order valence-electron chi connectivity index (χ4n) is 4.83. The predicted octanol–water partition coefficient (Wildman–Crippen LogP) is 7.69. The normalized spacial score (nSPS) is 11.7. The number of nitrogens with two attached hydrogens (primary N) is 2. The van der Waals surface area contributed by atoms with Gasteiger partial charge in [0.05, 0.1) is 6.61 Å². The molecule has 0 spiro atoms. The number of nitrogens with one attached hydrogen (secondary N) is 1. The van der Waals surface area contributed by atoms with Crippen molar-refractivity contribution in [2.45, 2.75) is 174 Å². The minimum absolute atomic E-state index is 0.0375. The highest BCUT2D eigenvalue weighted by molar-refractivity contribution is 5.84. The number of rotatable bonds is 29. The molecule has 0 aliphatic carbocycles. The molecule has 1 unspecified atom stereocenters. The molecule has 0 aliphatic heterocycles. The van der Waals surface area contributed by atoms with Crippen LogP contribution in [0, 0.1) is 0 Å². The predicted molar refractivity (Wildman–Crippen MR) is 166 cm³/mol. The number of guanidine groups is 1. The van der Waals surface area contributed by atoms with E-state index < -0.39 is 6.04 Å². The first kappa shape index (κ1) is 37.2. The highest BCUT2D eigenvalue weighted by Crippen LogP contribution is 2.13. The lowest BCUT2D eigenvalue weighted by Crippen LogP contribution is -2.42. The average Bonchev–Trinajstić information content (AvgIpc) is 2.91. The lowest BCUT2D eigenvalue weighted by molar-refractivity contribution is -0.148. The Labute approximate surface area is 241 Å². The van der Waals surface area contributed by atoms with E-state index in [-0.39, 0.29) is 17.8 Å². The quantitative estimate of drug-likeness (QED) is 0.0380. The zero-order chi connectivity index (χ0) is 28.8. The number of nitrogens with zero attached hydrogens (tertiary/aromatic N) is 1. The van der Waals surface area contributed by atoms with Gasteiger partial charge in [-0.15, -0.1) is 0 Å². The monoisotopic (exact) mass is 552 g/mol. The van der Waals surface area contributed by atoms with E-state index in [0.717, 1.165) is 25.7 Å². The van der Waals surface area contributed by atoms with Crippen LogP contribution in [0.2, 0.25) is 0 Å². The van der Waals surface area contributed by atoms with Crippen LogP contribution in [0.4, 0.5) is 0 Å². The van der Waals surface area contributed by atoms with Crippen LogP contribution in [-0.4, -0.2) is 37.0 Å². The van der Waals surface area contributed by atoms with Crippen molar-refractivity contribution in [3.8, 4) is 0 Å². The molecule has 1 atom stereocenters. The van der Waals surface area contributed by atoms with Crippen LogP contribution in [0.25, 0.3) is 0 Å². The molecule has 0 rings (SSSR count). The number of esters is 1. The third-order valence-corrected chi connectivity index (χ3v) is 7.31. The first-order valence-electron chi connectivity index (χ1n) is 16.5. The summed E-state index contributed by atoms with van der Waals surface area (Å²) in [6.45, 7) is 5.33. The smallest absolute Gasteiger partial charge is 0.328 e. The Kier molecular flexibility index (Phi) is 27.9. The molecule has 0 saturated carbocycles. The Morgan fingerprint density at radius 2 is 1.08 bits per heavy atom. The molecule has 5 N–H and O–H groups in total. The van der Waals surface area contributed by atoms with Crippen LogP contribution in [0.3, 0.4) is 0 Å². The second kappa shape index (κ2) is 29.2. The van der Waals surface area contributed by atoms with Gasteiger partial charge < -0.3 is 21.5 Å². The lowest BCUT2D eigenvalue weighted by Gasteiger charge is -2.17. The van der Waals surface area contributed by atoms with E-state index in [2.05, 4.69) is 24.2 Å². The largest absolute Gasteiger partial charge is 0.464 e. The van der Waals surface area contributed by atoms with Crippen molar-refractivity contribution in [2.75, 3.05) is 13.2 Å². The number of ether oxygens (including phenoxy) is 1. The van der Waals surface area contributed by atoms with Crippen molar-refractivity contribution >= 4 is 17.8 Å². The zero-order valence-corrected chi connectivity index (χ0v) is 25.8. The highest BCUT2D eigenvalue weighted by Gasteiger charge is 2.21. The molecule has 1 amide bonds. The van der Waals surface area contributed by atoms with Crippen LogP contribution in [0.15, 0.2) is 4.99 Å². The van der Waals surface area contributed by atoms with E-state index in [0.29, 0.717) is 32.4 Å². The van der Waals surface area contributed by atoms with Gasteiger partial charge in [0.15, 0.2) is 5.96 Å². The molecule has 0 bridgehead atoms. The molecule has 0 saturated heterocycles. The third kappa shape index (κ3) is 27.6. The summed E-state index contributed by atoms with van der Waals surface area (Å²) >= 11 is 0. The van der Waals surface area contributed by atoms with Crippen molar-refractivity contribution in [2.24, 2.45) is 16.5 Å². The number of amides is 1. The summed E-state index contributed by atoms with van der Waals surface area (Å²) in [5.74, 6) is -0.384. The third-order valence-electron chi connectivity index (χ3n) is 7.31. The Bertz CT molecular complexity index is 594. The first-order chi connectivity index (χ1) is 19.0. The van der Waals surface area contributed by atoms with E-state index in [4.69, 9.17) is 16.2 Å². The summed E-state index contributed by atoms with van der Waals surface area (Å²) in [5.41, 5.74) is 10.8. The maximum atomic E-state index is 12.7. The second-order valence-corrected chi connectivity index (χ2v) is 11.2. The van der Waals surface area contributed by atoms with Crippen LogP contribution < -0.4 is 16.8 Å². The summed E-state index contributed by atoms with van der Waals surface area (Å²) in [4.78, 5) is 29.2. The van der Waals surface area contributed by atoms with Crippen LogP contribution in [0.1, 0.15) is 168 Å². The molecule has 7 heteroatoms. The molecule has 0 aromatic rings. The van der Waals surface area contributed by atoms with Gasteiger partial charge in [-0.05, 0) is 25.7 Å². The summed E-state index contributed by atoms with van der Waals surface area (Å²) in [6, 6.07) is -0.636. The van der Waals surface area contributed by atoms with Crippen molar-refractivity contribution in [1.29, 1.82) is 0 Å².